The third-order valence-electron chi connectivity index (χ3n) is 2.95. The van der Waals surface area contributed by atoms with Crippen LogP contribution in [0, 0.1) is 13.8 Å². The molecular weight excluding hydrogens is 238 g/mol. The van der Waals surface area contributed by atoms with Gasteiger partial charge >= 0.3 is 0 Å². The van der Waals surface area contributed by atoms with Crippen molar-refractivity contribution in [2.75, 3.05) is 13.2 Å². The predicted molar refractivity (Wildman–Crippen MR) is 78.3 cm³/mol. The molecule has 0 aliphatic carbocycles. The highest BCUT2D eigenvalue weighted by Gasteiger charge is 2.05. The molecule has 0 unspecified atom stereocenters. The molecule has 0 atom stereocenters. The summed E-state index contributed by atoms with van der Waals surface area (Å²) in [5.41, 5.74) is 3.47. The number of rotatable bonds is 7. The van der Waals surface area contributed by atoms with Gasteiger partial charge in [0.1, 0.15) is 0 Å². The molecule has 0 aromatic heterocycles. The van der Waals surface area contributed by atoms with Gasteiger partial charge in [0.25, 0.3) is 0 Å². The molecular formula is C16H25NO2. The summed E-state index contributed by atoms with van der Waals surface area (Å²) in [6.07, 6.45) is 1.57. The molecule has 1 rings (SSSR count). The Kier molecular flexibility index (Phi) is 6.57. The Balaban J connectivity index is 2.29. The fourth-order valence-electron chi connectivity index (χ4n) is 1.85. The molecule has 1 aromatic carbocycles. The highest BCUT2D eigenvalue weighted by Crippen LogP contribution is 2.11. The summed E-state index contributed by atoms with van der Waals surface area (Å²) in [4.78, 5) is 11.8. The summed E-state index contributed by atoms with van der Waals surface area (Å²) in [5.74, 6) is 0.0817. The number of hydrogen-bond donors (Lipinski definition) is 1. The Morgan fingerprint density at radius 2 is 2.05 bits per heavy atom. The number of nitrogens with one attached hydrogen (secondary N) is 1. The van der Waals surface area contributed by atoms with Crippen molar-refractivity contribution in [1.29, 1.82) is 0 Å². The Labute approximate surface area is 116 Å². The Morgan fingerprint density at radius 3 is 2.74 bits per heavy atom. The lowest BCUT2D eigenvalue weighted by Crippen LogP contribution is -2.27. The van der Waals surface area contributed by atoms with E-state index in [4.69, 9.17) is 4.74 Å². The summed E-state index contributed by atoms with van der Waals surface area (Å²) in [7, 11) is 0. The van der Waals surface area contributed by atoms with E-state index in [1.165, 1.54) is 11.1 Å². The predicted octanol–water partition coefficient (Wildman–Crippen LogP) is 2.78. The number of carbonyl (C=O) groups excluding carboxylic acids is 1. The van der Waals surface area contributed by atoms with E-state index in [1.54, 1.807) is 0 Å². The minimum absolute atomic E-state index is 0.0817. The Morgan fingerprint density at radius 1 is 1.32 bits per heavy atom. The molecule has 0 bridgehead atoms. The van der Waals surface area contributed by atoms with E-state index in [1.807, 2.05) is 27.7 Å². The molecule has 0 aliphatic heterocycles. The third-order valence-corrected chi connectivity index (χ3v) is 2.95. The number of benzene rings is 1. The van der Waals surface area contributed by atoms with Gasteiger partial charge in [-0.2, -0.15) is 0 Å². The van der Waals surface area contributed by atoms with Crippen molar-refractivity contribution in [3.63, 3.8) is 0 Å². The molecule has 0 saturated heterocycles. The SMILES string of the molecule is Cc1ccc(C)c(CC(=O)NCCCOC(C)C)c1. The van der Waals surface area contributed by atoms with Gasteiger partial charge in [-0.05, 0) is 45.2 Å². The van der Waals surface area contributed by atoms with Crippen molar-refractivity contribution < 1.29 is 9.53 Å². The molecule has 3 heteroatoms. The molecule has 0 fully saturated rings. The van der Waals surface area contributed by atoms with Gasteiger partial charge in [-0.15, -0.1) is 0 Å². The van der Waals surface area contributed by atoms with Crippen LogP contribution in [0.1, 0.15) is 37.0 Å². The summed E-state index contributed by atoms with van der Waals surface area (Å²) in [6.45, 7) is 9.48. The minimum atomic E-state index is 0.0817. The quantitative estimate of drug-likeness (QED) is 0.768. The first-order valence-electron chi connectivity index (χ1n) is 6.93. The summed E-state index contributed by atoms with van der Waals surface area (Å²) in [5, 5.41) is 2.93. The van der Waals surface area contributed by atoms with E-state index >= 15 is 0 Å². The molecule has 3 nitrogen and oxygen atoms in total. The van der Waals surface area contributed by atoms with Crippen molar-refractivity contribution >= 4 is 5.91 Å². The lowest BCUT2D eigenvalue weighted by molar-refractivity contribution is -0.120. The first-order valence-corrected chi connectivity index (χ1v) is 6.93. The smallest absolute Gasteiger partial charge is 0.224 e. The maximum Gasteiger partial charge on any atom is 0.224 e. The van der Waals surface area contributed by atoms with Crippen molar-refractivity contribution in [1.82, 2.24) is 5.32 Å². The van der Waals surface area contributed by atoms with Crippen LogP contribution >= 0.6 is 0 Å². The van der Waals surface area contributed by atoms with Gasteiger partial charge in [-0.25, -0.2) is 0 Å². The molecule has 1 amide bonds. The van der Waals surface area contributed by atoms with Crippen LogP contribution < -0.4 is 5.32 Å². The lowest BCUT2D eigenvalue weighted by atomic mass is 10.0. The van der Waals surface area contributed by atoms with Crippen molar-refractivity contribution in [3.8, 4) is 0 Å². The van der Waals surface area contributed by atoms with Gasteiger partial charge in [0, 0.05) is 13.2 Å². The summed E-state index contributed by atoms with van der Waals surface area (Å²) < 4.78 is 5.43. The molecule has 0 heterocycles. The molecule has 1 N–H and O–H groups in total. The van der Waals surface area contributed by atoms with Crippen LogP contribution in [0.4, 0.5) is 0 Å². The molecule has 0 saturated carbocycles. The van der Waals surface area contributed by atoms with E-state index in [2.05, 4.69) is 23.5 Å². The standard InChI is InChI=1S/C16H25NO2/c1-12(2)19-9-5-8-17-16(18)11-15-10-13(3)6-7-14(15)4/h6-7,10,12H,5,8-9,11H2,1-4H3,(H,17,18). The van der Waals surface area contributed by atoms with Gasteiger partial charge in [0.15, 0.2) is 0 Å². The number of amides is 1. The topological polar surface area (TPSA) is 38.3 Å². The number of aryl methyl sites for hydroxylation is 2. The van der Waals surface area contributed by atoms with E-state index < -0.39 is 0 Å². The lowest BCUT2D eigenvalue weighted by Gasteiger charge is -2.09. The van der Waals surface area contributed by atoms with Crippen molar-refractivity contribution in [3.05, 3.63) is 34.9 Å². The normalized spacial score (nSPS) is 10.8. The number of carbonyl (C=O) groups is 1. The second-order valence-electron chi connectivity index (χ2n) is 5.23. The van der Waals surface area contributed by atoms with Gasteiger partial charge < -0.3 is 10.1 Å². The summed E-state index contributed by atoms with van der Waals surface area (Å²) in [6, 6.07) is 6.21. The molecule has 0 spiro atoms. The number of ether oxygens (including phenoxy) is 1. The highest BCUT2D eigenvalue weighted by atomic mass is 16.5. The van der Waals surface area contributed by atoms with E-state index in [-0.39, 0.29) is 12.0 Å². The third kappa shape index (κ3) is 6.39. The first-order chi connectivity index (χ1) is 8.99. The molecule has 106 valence electrons. The monoisotopic (exact) mass is 263 g/mol. The zero-order valence-corrected chi connectivity index (χ0v) is 12.5. The van der Waals surface area contributed by atoms with E-state index in [0.29, 0.717) is 19.6 Å². The molecule has 0 aliphatic rings. The molecule has 1 aromatic rings. The maximum atomic E-state index is 11.8. The Hall–Kier alpha value is -1.35. The van der Waals surface area contributed by atoms with Crippen molar-refractivity contribution in [2.24, 2.45) is 0 Å². The van der Waals surface area contributed by atoms with Crippen molar-refractivity contribution in [2.45, 2.75) is 46.6 Å². The van der Waals surface area contributed by atoms with Gasteiger partial charge in [-0.3, -0.25) is 4.79 Å². The van der Waals surface area contributed by atoms with Crippen LogP contribution in [-0.4, -0.2) is 25.2 Å². The van der Waals surface area contributed by atoms with Crippen LogP contribution in [0.15, 0.2) is 18.2 Å². The van der Waals surface area contributed by atoms with E-state index in [9.17, 15) is 4.79 Å². The van der Waals surface area contributed by atoms with Crippen LogP contribution in [0.3, 0.4) is 0 Å². The average Bonchev–Trinajstić information content (AvgIpc) is 2.33. The van der Waals surface area contributed by atoms with Crippen LogP contribution in [0.5, 0.6) is 0 Å². The first kappa shape index (κ1) is 15.7. The largest absolute Gasteiger partial charge is 0.379 e. The van der Waals surface area contributed by atoms with Crippen LogP contribution in [0.2, 0.25) is 0 Å². The minimum Gasteiger partial charge on any atom is -0.379 e. The second-order valence-corrected chi connectivity index (χ2v) is 5.23. The zero-order valence-electron chi connectivity index (χ0n) is 12.5. The highest BCUT2D eigenvalue weighted by molar-refractivity contribution is 5.78. The van der Waals surface area contributed by atoms with E-state index in [0.717, 1.165) is 12.0 Å². The summed E-state index contributed by atoms with van der Waals surface area (Å²) >= 11 is 0. The molecule has 0 radical (unpaired) electrons. The van der Waals surface area contributed by atoms with Crippen LogP contribution in [0.25, 0.3) is 0 Å². The Bertz CT molecular complexity index is 413. The fourth-order valence-corrected chi connectivity index (χ4v) is 1.85. The van der Waals surface area contributed by atoms with Gasteiger partial charge in [0.2, 0.25) is 5.91 Å². The second kappa shape index (κ2) is 7.95. The fraction of sp³-hybridized carbons (Fsp3) is 0.562. The zero-order chi connectivity index (χ0) is 14.3. The molecule has 19 heavy (non-hydrogen) atoms. The van der Waals surface area contributed by atoms with Crippen LogP contribution in [-0.2, 0) is 16.0 Å². The average molecular weight is 263 g/mol. The van der Waals surface area contributed by atoms with Gasteiger partial charge in [0.05, 0.1) is 12.5 Å². The maximum absolute atomic E-state index is 11.8. The van der Waals surface area contributed by atoms with Gasteiger partial charge in [-0.1, -0.05) is 23.8 Å². The number of hydrogen-bond acceptors (Lipinski definition) is 2.